The van der Waals surface area contributed by atoms with E-state index >= 15 is 0 Å². The highest BCUT2D eigenvalue weighted by atomic mass is 35.5. The van der Waals surface area contributed by atoms with Gasteiger partial charge in [-0.1, -0.05) is 54.1 Å². The van der Waals surface area contributed by atoms with Gasteiger partial charge < -0.3 is 5.11 Å². The second-order valence-corrected chi connectivity index (χ2v) is 7.04. The van der Waals surface area contributed by atoms with Crippen LogP contribution in [0.25, 0.3) is 0 Å². The molecule has 0 spiro atoms. The second-order valence-electron chi connectivity index (χ2n) is 4.98. The van der Waals surface area contributed by atoms with Gasteiger partial charge in [-0.25, -0.2) is 13.1 Å². The molecule has 0 bridgehead atoms. The number of rotatable bonds is 6. The van der Waals surface area contributed by atoms with Gasteiger partial charge in [0.2, 0.25) is 10.0 Å². The van der Waals surface area contributed by atoms with Crippen molar-refractivity contribution in [3.8, 4) is 0 Å². The number of halogens is 1. The third-order valence-corrected chi connectivity index (χ3v) is 5.49. The lowest BCUT2D eigenvalue weighted by molar-refractivity contribution is 0.272. The van der Waals surface area contributed by atoms with Gasteiger partial charge in [0.05, 0.1) is 5.02 Å². The number of nitrogens with one attached hydrogen (secondary N) is 1. The molecule has 0 aliphatic heterocycles. The van der Waals surface area contributed by atoms with E-state index in [1.165, 1.54) is 6.07 Å². The zero-order chi connectivity index (χ0) is 16.2. The minimum absolute atomic E-state index is 0.0491. The Kier molecular flexibility index (Phi) is 5.58. The molecular formula is C16H18ClNO3S. The van der Waals surface area contributed by atoms with Crippen molar-refractivity contribution >= 4 is 21.6 Å². The molecule has 2 rings (SSSR count). The first-order chi connectivity index (χ1) is 10.5. The molecule has 4 nitrogen and oxygen atoms in total. The highest BCUT2D eigenvalue weighted by Gasteiger charge is 2.23. The highest BCUT2D eigenvalue weighted by Crippen LogP contribution is 2.27. The van der Waals surface area contributed by atoms with Crippen molar-refractivity contribution in [3.05, 3.63) is 64.7 Å². The Morgan fingerprint density at radius 2 is 1.82 bits per heavy atom. The zero-order valence-corrected chi connectivity index (χ0v) is 13.7. The zero-order valence-electron chi connectivity index (χ0n) is 12.2. The Balaban J connectivity index is 2.35. The van der Waals surface area contributed by atoms with Gasteiger partial charge in [0.1, 0.15) is 4.90 Å². The summed E-state index contributed by atoms with van der Waals surface area (Å²) in [5.74, 6) is 0. The van der Waals surface area contributed by atoms with Gasteiger partial charge in [0, 0.05) is 12.6 Å². The lowest BCUT2D eigenvalue weighted by atomic mass is 10.1. The smallest absolute Gasteiger partial charge is 0.242 e. The maximum atomic E-state index is 12.6. The summed E-state index contributed by atoms with van der Waals surface area (Å²) in [7, 11) is -3.78. The van der Waals surface area contributed by atoms with Crippen molar-refractivity contribution in [2.45, 2.75) is 24.3 Å². The van der Waals surface area contributed by atoms with Crippen LogP contribution in [0.4, 0.5) is 0 Å². The van der Waals surface area contributed by atoms with Crippen molar-refractivity contribution < 1.29 is 13.5 Å². The predicted octanol–water partition coefficient (Wildman–Crippen LogP) is 3.05. The Morgan fingerprint density at radius 1 is 1.14 bits per heavy atom. The summed E-state index contributed by atoms with van der Waals surface area (Å²) in [5.41, 5.74) is 1.49. The van der Waals surface area contributed by atoms with E-state index in [-0.39, 0.29) is 22.9 Å². The molecule has 1 atom stereocenters. The largest absolute Gasteiger partial charge is 0.396 e. The van der Waals surface area contributed by atoms with Crippen LogP contribution in [0.1, 0.15) is 23.6 Å². The molecule has 0 saturated heterocycles. The predicted molar refractivity (Wildman–Crippen MR) is 87.4 cm³/mol. The van der Waals surface area contributed by atoms with E-state index in [1.54, 1.807) is 19.1 Å². The molecular weight excluding hydrogens is 322 g/mol. The number of aliphatic hydroxyl groups excluding tert-OH is 1. The van der Waals surface area contributed by atoms with E-state index < -0.39 is 16.1 Å². The summed E-state index contributed by atoms with van der Waals surface area (Å²) in [6, 6.07) is 13.5. The van der Waals surface area contributed by atoms with Crippen molar-refractivity contribution in [1.29, 1.82) is 0 Å². The standard InChI is InChI=1S/C16H18ClNO3S/c1-12-6-5-9-15(16(12)17)22(20,21)18-14(10-11-19)13-7-3-2-4-8-13/h2-9,14,18-19H,10-11H2,1H3/t14-/m1/s1. The van der Waals surface area contributed by atoms with Gasteiger partial charge in [-0.05, 0) is 30.5 Å². The molecule has 0 unspecified atom stereocenters. The van der Waals surface area contributed by atoms with E-state index in [4.69, 9.17) is 11.6 Å². The molecule has 0 aliphatic rings. The topological polar surface area (TPSA) is 66.4 Å². The first-order valence-corrected chi connectivity index (χ1v) is 8.75. The van der Waals surface area contributed by atoms with Crippen LogP contribution in [-0.2, 0) is 10.0 Å². The number of sulfonamides is 1. The monoisotopic (exact) mass is 339 g/mol. The van der Waals surface area contributed by atoms with Crippen LogP contribution in [0.2, 0.25) is 5.02 Å². The fourth-order valence-corrected chi connectivity index (χ4v) is 4.03. The van der Waals surface area contributed by atoms with Crippen molar-refractivity contribution in [3.63, 3.8) is 0 Å². The minimum Gasteiger partial charge on any atom is -0.396 e. The SMILES string of the molecule is Cc1cccc(S(=O)(=O)N[C@H](CCO)c2ccccc2)c1Cl. The van der Waals surface area contributed by atoms with E-state index in [0.29, 0.717) is 5.56 Å². The van der Waals surface area contributed by atoms with Crippen LogP contribution in [0.15, 0.2) is 53.4 Å². The molecule has 0 saturated carbocycles. The quantitative estimate of drug-likeness (QED) is 0.850. The normalized spacial score (nSPS) is 13.0. The number of aliphatic hydroxyl groups is 1. The molecule has 2 N–H and O–H groups in total. The molecule has 118 valence electrons. The fraction of sp³-hybridized carbons (Fsp3) is 0.250. The molecule has 0 fully saturated rings. The van der Waals surface area contributed by atoms with Gasteiger partial charge in [0.25, 0.3) is 0 Å². The average molecular weight is 340 g/mol. The summed E-state index contributed by atoms with van der Waals surface area (Å²) in [6.07, 6.45) is 0.284. The average Bonchev–Trinajstić information content (AvgIpc) is 2.50. The van der Waals surface area contributed by atoms with Crippen molar-refractivity contribution in [2.24, 2.45) is 0 Å². The molecule has 22 heavy (non-hydrogen) atoms. The van der Waals surface area contributed by atoms with Crippen LogP contribution in [-0.4, -0.2) is 20.1 Å². The highest BCUT2D eigenvalue weighted by molar-refractivity contribution is 7.89. The third kappa shape index (κ3) is 3.87. The van der Waals surface area contributed by atoms with Crippen LogP contribution >= 0.6 is 11.6 Å². The number of hydrogen-bond donors (Lipinski definition) is 2. The van der Waals surface area contributed by atoms with E-state index in [1.807, 2.05) is 30.3 Å². The van der Waals surface area contributed by atoms with Gasteiger partial charge in [-0.15, -0.1) is 0 Å². The molecule has 2 aromatic carbocycles. The summed E-state index contributed by atoms with van der Waals surface area (Å²) >= 11 is 6.12. The van der Waals surface area contributed by atoms with Crippen molar-refractivity contribution in [1.82, 2.24) is 4.72 Å². The molecule has 2 aromatic rings. The van der Waals surface area contributed by atoms with E-state index in [0.717, 1.165) is 5.56 Å². The van der Waals surface area contributed by atoms with Crippen LogP contribution < -0.4 is 4.72 Å². The van der Waals surface area contributed by atoms with E-state index in [2.05, 4.69) is 4.72 Å². The Morgan fingerprint density at radius 3 is 2.45 bits per heavy atom. The first kappa shape index (κ1) is 17.0. The molecule has 0 aliphatic carbocycles. The van der Waals surface area contributed by atoms with Crippen LogP contribution in [0.3, 0.4) is 0 Å². The molecule has 6 heteroatoms. The fourth-order valence-electron chi connectivity index (χ4n) is 2.19. The van der Waals surface area contributed by atoms with Gasteiger partial charge in [-0.3, -0.25) is 0 Å². The van der Waals surface area contributed by atoms with Crippen LogP contribution in [0.5, 0.6) is 0 Å². The van der Waals surface area contributed by atoms with Crippen LogP contribution in [0, 0.1) is 6.92 Å². The number of aryl methyl sites for hydroxylation is 1. The third-order valence-electron chi connectivity index (χ3n) is 3.36. The van der Waals surface area contributed by atoms with Gasteiger partial charge in [0.15, 0.2) is 0 Å². The van der Waals surface area contributed by atoms with E-state index in [9.17, 15) is 13.5 Å². The number of benzene rings is 2. The number of hydrogen-bond acceptors (Lipinski definition) is 3. The molecule has 0 radical (unpaired) electrons. The summed E-state index contributed by atoms with van der Waals surface area (Å²) in [5, 5.41) is 9.42. The molecule has 0 amide bonds. The first-order valence-electron chi connectivity index (χ1n) is 6.89. The maximum absolute atomic E-state index is 12.6. The lowest BCUT2D eigenvalue weighted by Gasteiger charge is -2.19. The van der Waals surface area contributed by atoms with Gasteiger partial charge in [-0.2, -0.15) is 0 Å². The maximum Gasteiger partial charge on any atom is 0.242 e. The lowest BCUT2D eigenvalue weighted by Crippen LogP contribution is -2.29. The molecule has 0 aromatic heterocycles. The Hall–Kier alpha value is -1.40. The Bertz CT molecular complexity index is 732. The summed E-state index contributed by atoms with van der Waals surface area (Å²) in [6.45, 7) is 1.63. The minimum atomic E-state index is -3.78. The van der Waals surface area contributed by atoms with Crippen molar-refractivity contribution in [2.75, 3.05) is 6.61 Å². The summed E-state index contributed by atoms with van der Waals surface area (Å²) in [4.78, 5) is 0.0491. The Labute approximate surface area is 135 Å². The van der Waals surface area contributed by atoms with Gasteiger partial charge >= 0.3 is 0 Å². The summed E-state index contributed by atoms with van der Waals surface area (Å²) < 4.78 is 27.8. The second kappa shape index (κ2) is 7.24. The molecule has 0 heterocycles.